The molecule has 1 aliphatic rings. The molecule has 0 radical (unpaired) electrons. The van der Waals surface area contributed by atoms with E-state index in [0.717, 1.165) is 5.56 Å². The number of amides is 3. The number of carbonyl (C=O) groups excluding carboxylic acids is 2. The van der Waals surface area contributed by atoms with Crippen LogP contribution in [0.1, 0.15) is 18.9 Å². The van der Waals surface area contributed by atoms with E-state index < -0.39 is 21.9 Å². The Morgan fingerprint density at radius 3 is 2.54 bits per heavy atom. The summed E-state index contributed by atoms with van der Waals surface area (Å²) in [6, 6.07) is 8.33. The molecule has 3 N–H and O–H groups in total. The molecular formula is C16H23N3O4S. The molecule has 1 aromatic rings. The van der Waals surface area contributed by atoms with Gasteiger partial charge < -0.3 is 16.0 Å². The Hall–Kier alpha value is -2.09. The second-order valence-corrected chi connectivity index (χ2v) is 8.28. The van der Waals surface area contributed by atoms with Gasteiger partial charge in [-0.05, 0) is 24.8 Å². The molecule has 2 atom stereocenters. The molecule has 0 bridgehead atoms. The summed E-state index contributed by atoms with van der Waals surface area (Å²) in [5.74, 6) is -0.0416. The molecular weight excluding hydrogens is 330 g/mol. The van der Waals surface area contributed by atoms with Crippen LogP contribution in [0.25, 0.3) is 0 Å². The molecule has 1 heterocycles. The zero-order valence-corrected chi connectivity index (χ0v) is 14.4. The van der Waals surface area contributed by atoms with Crippen molar-refractivity contribution < 1.29 is 18.0 Å². The van der Waals surface area contributed by atoms with Crippen molar-refractivity contribution in [3.8, 4) is 0 Å². The van der Waals surface area contributed by atoms with E-state index in [9.17, 15) is 18.0 Å². The molecule has 1 fully saturated rings. The summed E-state index contributed by atoms with van der Waals surface area (Å²) in [4.78, 5) is 23.8. The average molecular weight is 353 g/mol. The topological polar surface area (TPSA) is 104 Å². The van der Waals surface area contributed by atoms with Crippen LogP contribution in [0.2, 0.25) is 0 Å². The highest BCUT2D eigenvalue weighted by molar-refractivity contribution is 7.91. The van der Waals surface area contributed by atoms with Crippen molar-refractivity contribution in [1.82, 2.24) is 16.0 Å². The summed E-state index contributed by atoms with van der Waals surface area (Å²) < 4.78 is 22.7. The van der Waals surface area contributed by atoms with Gasteiger partial charge in [0.2, 0.25) is 5.91 Å². The van der Waals surface area contributed by atoms with Crippen LogP contribution in [0.3, 0.4) is 0 Å². The summed E-state index contributed by atoms with van der Waals surface area (Å²) in [6.07, 6.45) is 0.565. The smallest absolute Gasteiger partial charge is 0.315 e. The molecule has 1 aliphatic heterocycles. The van der Waals surface area contributed by atoms with E-state index in [1.54, 1.807) is 6.92 Å². The third-order valence-electron chi connectivity index (χ3n) is 3.93. The average Bonchev–Trinajstić information content (AvgIpc) is 2.90. The Bertz CT molecular complexity index is 676. The van der Waals surface area contributed by atoms with Gasteiger partial charge in [-0.1, -0.05) is 30.3 Å². The van der Waals surface area contributed by atoms with Gasteiger partial charge in [-0.25, -0.2) is 13.2 Å². The standard InChI is InChI=1S/C16H23N3O4S/c1-12(15(20)17-9-13-5-3-2-4-6-13)19-16(21)18-10-14-7-8-24(22,23)11-14/h2-6,12,14H,7-11H2,1H3,(H,17,20)(H2,18,19,21). The van der Waals surface area contributed by atoms with Crippen molar-refractivity contribution in [2.45, 2.75) is 25.9 Å². The number of urea groups is 1. The number of benzene rings is 1. The number of nitrogens with one attached hydrogen (secondary N) is 3. The van der Waals surface area contributed by atoms with Crippen LogP contribution < -0.4 is 16.0 Å². The lowest BCUT2D eigenvalue weighted by molar-refractivity contribution is -0.122. The summed E-state index contributed by atoms with van der Waals surface area (Å²) in [5, 5.41) is 7.93. The van der Waals surface area contributed by atoms with Crippen molar-refractivity contribution in [3.63, 3.8) is 0 Å². The first-order valence-corrected chi connectivity index (χ1v) is 9.74. The number of hydrogen-bond acceptors (Lipinski definition) is 4. The Morgan fingerprint density at radius 1 is 1.21 bits per heavy atom. The third-order valence-corrected chi connectivity index (χ3v) is 5.77. The fourth-order valence-corrected chi connectivity index (χ4v) is 4.38. The van der Waals surface area contributed by atoms with Gasteiger partial charge in [-0.3, -0.25) is 4.79 Å². The van der Waals surface area contributed by atoms with E-state index in [1.807, 2.05) is 30.3 Å². The molecule has 8 heteroatoms. The molecule has 2 unspecified atom stereocenters. The SMILES string of the molecule is CC(NC(=O)NCC1CCS(=O)(=O)C1)C(=O)NCc1ccccc1. The molecule has 0 aromatic heterocycles. The van der Waals surface area contributed by atoms with Crippen LogP contribution in [-0.2, 0) is 21.2 Å². The highest BCUT2D eigenvalue weighted by Crippen LogP contribution is 2.17. The lowest BCUT2D eigenvalue weighted by atomic mass is 10.1. The molecule has 2 rings (SSSR count). The van der Waals surface area contributed by atoms with Crippen molar-refractivity contribution in [3.05, 3.63) is 35.9 Å². The van der Waals surface area contributed by atoms with E-state index in [2.05, 4.69) is 16.0 Å². The lowest BCUT2D eigenvalue weighted by Crippen LogP contribution is -2.49. The normalized spacial score (nSPS) is 20.1. The van der Waals surface area contributed by atoms with E-state index in [4.69, 9.17) is 0 Å². The first kappa shape index (κ1) is 18.3. The van der Waals surface area contributed by atoms with Crippen molar-refractivity contribution >= 4 is 21.8 Å². The number of rotatable bonds is 6. The highest BCUT2D eigenvalue weighted by Gasteiger charge is 2.28. The summed E-state index contributed by atoms with van der Waals surface area (Å²) in [5.41, 5.74) is 0.977. The fourth-order valence-electron chi connectivity index (χ4n) is 2.52. The third kappa shape index (κ3) is 5.84. The first-order chi connectivity index (χ1) is 11.4. The molecule has 7 nitrogen and oxygen atoms in total. The van der Waals surface area contributed by atoms with E-state index in [-0.39, 0.29) is 23.3 Å². The van der Waals surface area contributed by atoms with Gasteiger partial charge in [0.05, 0.1) is 11.5 Å². The maximum Gasteiger partial charge on any atom is 0.315 e. The van der Waals surface area contributed by atoms with Crippen LogP contribution in [0, 0.1) is 5.92 Å². The van der Waals surface area contributed by atoms with Gasteiger partial charge in [0.1, 0.15) is 6.04 Å². The largest absolute Gasteiger partial charge is 0.350 e. The molecule has 3 amide bonds. The maximum atomic E-state index is 12.0. The maximum absolute atomic E-state index is 12.0. The van der Waals surface area contributed by atoms with Gasteiger partial charge in [0, 0.05) is 13.1 Å². The van der Waals surface area contributed by atoms with Crippen LogP contribution in [0.5, 0.6) is 0 Å². The molecule has 24 heavy (non-hydrogen) atoms. The van der Waals surface area contributed by atoms with Gasteiger partial charge >= 0.3 is 6.03 Å². The predicted molar refractivity (Wildman–Crippen MR) is 91.0 cm³/mol. The van der Waals surface area contributed by atoms with E-state index in [1.165, 1.54) is 0 Å². The quantitative estimate of drug-likeness (QED) is 0.689. The molecule has 0 saturated carbocycles. The Balaban J connectivity index is 1.68. The number of hydrogen-bond donors (Lipinski definition) is 3. The minimum absolute atomic E-state index is 0.0528. The van der Waals surface area contributed by atoms with Crippen LogP contribution in [-0.4, -0.2) is 44.4 Å². The Labute approximate surface area is 142 Å². The number of carbonyl (C=O) groups is 2. The second-order valence-electron chi connectivity index (χ2n) is 6.05. The summed E-state index contributed by atoms with van der Waals surface area (Å²) >= 11 is 0. The van der Waals surface area contributed by atoms with E-state index in [0.29, 0.717) is 19.5 Å². The van der Waals surface area contributed by atoms with Crippen LogP contribution in [0.15, 0.2) is 30.3 Å². The van der Waals surface area contributed by atoms with Gasteiger partial charge in [0.15, 0.2) is 9.84 Å². The number of sulfone groups is 1. The predicted octanol–water partition coefficient (Wildman–Crippen LogP) is 0.425. The lowest BCUT2D eigenvalue weighted by Gasteiger charge is -2.16. The fraction of sp³-hybridized carbons (Fsp3) is 0.500. The molecule has 0 spiro atoms. The van der Waals surface area contributed by atoms with Gasteiger partial charge in [0.25, 0.3) is 0 Å². The molecule has 1 saturated heterocycles. The Morgan fingerprint density at radius 2 is 1.92 bits per heavy atom. The van der Waals surface area contributed by atoms with Crippen molar-refractivity contribution in [2.24, 2.45) is 5.92 Å². The van der Waals surface area contributed by atoms with Gasteiger partial charge in [-0.15, -0.1) is 0 Å². The first-order valence-electron chi connectivity index (χ1n) is 7.92. The minimum atomic E-state index is -2.95. The monoisotopic (exact) mass is 353 g/mol. The molecule has 0 aliphatic carbocycles. The van der Waals surface area contributed by atoms with Crippen LogP contribution >= 0.6 is 0 Å². The van der Waals surface area contributed by atoms with Crippen molar-refractivity contribution in [2.75, 3.05) is 18.1 Å². The molecule has 132 valence electrons. The van der Waals surface area contributed by atoms with Gasteiger partial charge in [-0.2, -0.15) is 0 Å². The Kier molecular flexibility index (Phi) is 6.19. The molecule has 1 aromatic carbocycles. The zero-order valence-electron chi connectivity index (χ0n) is 13.6. The van der Waals surface area contributed by atoms with E-state index >= 15 is 0 Å². The summed E-state index contributed by atoms with van der Waals surface area (Å²) in [7, 11) is -2.95. The van der Waals surface area contributed by atoms with Crippen molar-refractivity contribution in [1.29, 1.82) is 0 Å². The summed E-state index contributed by atoms with van der Waals surface area (Å²) in [6.45, 7) is 2.29. The zero-order chi connectivity index (χ0) is 17.6. The van der Waals surface area contributed by atoms with Crippen LogP contribution in [0.4, 0.5) is 4.79 Å². The minimum Gasteiger partial charge on any atom is -0.350 e. The highest BCUT2D eigenvalue weighted by atomic mass is 32.2. The second kappa shape index (κ2) is 8.14.